The van der Waals surface area contributed by atoms with Gasteiger partial charge in [0.1, 0.15) is 6.54 Å². The molecule has 0 radical (unpaired) electrons. The van der Waals surface area contributed by atoms with E-state index in [4.69, 9.17) is 11.6 Å². The molecule has 0 unspecified atom stereocenters. The molecule has 2 aromatic heterocycles. The Morgan fingerprint density at radius 2 is 2.05 bits per heavy atom. The molecule has 0 saturated carbocycles. The normalized spacial score (nSPS) is 13.1. The van der Waals surface area contributed by atoms with Gasteiger partial charge in [0.25, 0.3) is 0 Å². The van der Waals surface area contributed by atoms with Crippen molar-refractivity contribution in [2.75, 3.05) is 0 Å². The van der Waals surface area contributed by atoms with Crippen molar-refractivity contribution in [3.8, 4) is 5.69 Å². The van der Waals surface area contributed by atoms with Gasteiger partial charge in [-0.15, -0.1) is 10.2 Å². The largest absolute Gasteiger partial charge is 0.274 e. The molecule has 1 aliphatic heterocycles. The summed E-state index contributed by atoms with van der Waals surface area (Å²) in [6, 6.07) is 11.4. The fraction of sp³-hybridized carbons (Fsp3) is 0.0667. The minimum absolute atomic E-state index is 0.427. The van der Waals surface area contributed by atoms with Crippen LogP contribution in [0.2, 0.25) is 5.02 Å². The summed E-state index contributed by atoms with van der Waals surface area (Å²) < 4.78 is 2.58. The molecule has 7 heteroatoms. The Hall–Kier alpha value is -2.05. The maximum absolute atomic E-state index is 6.20. The number of rotatable bonds is 1. The van der Waals surface area contributed by atoms with Gasteiger partial charge in [-0.05, 0) is 46.3 Å². The van der Waals surface area contributed by atoms with Crippen molar-refractivity contribution in [2.24, 2.45) is 4.99 Å². The summed E-state index contributed by atoms with van der Waals surface area (Å²) in [6.07, 6.45) is 1.75. The van der Waals surface area contributed by atoms with Crippen molar-refractivity contribution in [3.63, 3.8) is 0 Å². The lowest BCUT2D eigenvalue weighted by Gasteiger charge is -2.11. The number of hydrogen-bond donors (Lipinski definition) is 0. The number of hydrogen-bond acceptors (Lipinski definition) is 4. The monoisotopic (exact) mass is 373 g/mol. The maximum atomic E-state index is 6.20. The first kappa shape index (κ1) is 13.6. The summed E-state index contributed by atoms with van der Waals surface area (Å²) >= 11 is 9.64. The zero-order valence-corrected chi connectivity index (χ0v) is 13.6. The van der Waals surface area contributed by atoms with Crippen LogP contribution in [0.25, 0.3) is 5.69 Å². The third-order valence-electron chi connectivity index (χ3n) is 3.43. The van der Waals surface area contributed by atoms with Crippen molar-refractivity contribution >= 4 is 33.2 Å². The Morgan fingerprint density at radius 1 is 1.14 bits per heavy atom. The first-order valence-electron chi connectivity index (χ1n) is 6.60. The molecule has 3 heterocycles. The van der Waals surface area contributed by atoms with Gasteiger partial charge >= 0.3 is 0 Å². The van der Waals surface area contributed by atoms with Crippen LogP contribution in [0.15, 0.2) is 52.3 Å². The van der Waals surface area contributed by atoms with E-state index in [9.17, 15) is 0 Å². The number of nitrogens with zero attached hydrogens (tertiary/aromatic N) is 5. The maximum Gasteiger partial charge on any atom is 0.204 e. The van der Waals surface area contributed by atoms with Crippen LogP contribution in [-0.2, 0) is 6.54 Å². The zero-order valence-electron chi connectivity index (χ0n) is 11.2. The Kier molecular flexibility index (Phi) is 3.28. The number of fused-ring (bicyclic) bond motifs is 3. The molecule has 0 spiro atoms. The highest BCUT2D eigenvalue weighted by Crippen LogP contribution is 2.29. The third kappa shape index (κ3) is 2.15. The van der Waals surface area contributed by atoms with Crippen LogP contribution >= 0.6 is 27.5 Å². The molecule has 108 valence electrons. The van der Waals surface area contributed by atoms with Gasteiger partial charge in [-0.3, -0.25) is 14.5 Å². The van der Waals surface area contributed by atoms with Crippen molar-refractivity contribution in [1.82, 2.24) is 19.7 Å². The molecule has 1 aromatic carbocycles. The topological polar surface area (TPSA) is 56.0 Å². The molecule has 5 nitrogen and oxygen atoms in total. The predicted molar refractivity (Wildman–Crippen MR) is 87.6 cm³/mol. The van der Waals surface area contributed by atoms with Gasteiger partial charge in [-0.2, -0.15) is 0 Å². The Bertz CT molecular complexity index is 888. The van der Waals surface area contributed by atoms with E-state index in [0.29, 0.717) is 16.3 Å². The van der Waals surface area contributed by atoms with Crippen molar-refractivity contribution in [3.05, 3.63) is 69.4 Å². The van der Waals surface area contributed by atoms with Gasteiger partial charge in [0.15, 0.2) is 5.82 Å². The van der Waals surface area contributed by atoms with E-state index in [1.54, 1.807) is 6.20 Å². The summed E-state index contributed by atoms with van der Waals surface area (Å²) in [5, 5.41) is 8.89. The van der Waals surface area contributed by atoms with E-state index < -0.39 is 0 Å². The molecule has 0 N–H and O–H groups in total. The molecule has 1 aliphatic rings. The molecule has 0 saturated heterocycles. The highest BCUT2D eigenvalue weighted by molar-refractivity contribution is 9.10. The molecular weight excluding hydrogens is 366 g/mol. The van der Waals surface area contributed by atoms with E-state index >= 15 is 0 Å². The molecule has 0 atom stereocenters. The highest BCUT2D eigenvalue weighted by atomic mass is 79.9. The van der Waals surface area contributed by atoms with Crippen LogP contribution in [0.5, 0.6) is 0 Å². The molecule has 4 rings (SSSR count). The summed E-state index contributed by atoms with van der Waals surface area (Å²) in [5.41, 5.74) is 3.44. The second kappa shape index (κ2) is 5.30. The first-order chi connectivity index (χ1) is 10.7. The van der Waals surface area contributed by atoms with Gasteiger partial charge < -0.3 is 0 Å². The van der Waals surface area contributed by atoms with E-state index in [1.165, 1.54) is 0 Å². The minimum atomic E-state index is 0.427. The van der Waals surface area contributed by atoms with Gasteiger partial charge in [-0.25, -0.2) is 0 Å². The lowest BCUT2D eigenvalue weighted by Crippen LogP contribution is -2.09. The first-order valence-corrected chi connectivity index (χ1v) is 7.77. The number of aliphatic imine (C=N–C) groups is 1. The van der Waals surface area contributed by atoms with Crippen LogP contribution in [0.3, 0.4) is 0 Å². The van der Waals surface area contributed by atoms with Crippen molar-refractivity contribution < 1.29 is 0 Å². The molecule has 0 bridgehead atoms. The molecule has 0 amide bonds. The van der Waals surface area contributed by atoms with E-state index in [-0.39, 0.29) is 0 Å². The molecular formula is C15H9BrClN5. The number of benzene rings is 1. The summed E-state index contributed by atoms with van der Waals surface area (Å²) in [5.74, 6) is 0.765. The summed E-state index contributed by atoms with van der Waals surface area (Å²) in [6.45, 7) is 0.427. The van der Waals surface area contributed by atoms with Crippen LogP contribution in [0.1, 0.15) is 17.1 Å². The molecule has 22 heavy (non-hydrogen) atoms. The molecule has 0 fully saturated rings. The fourth-order valence-electron chi connectivity index (χ4n) is 2.49. The Labute approximate surface area is 139 Å². The lowest BCUT2D eigenvalue weighted by molar-refractivity contribution is 0.866. The van der Waals surface area contributed by atoms with Crippen LogP contribution in [0, 0.1) is 0 Å². The van der Waals surface area contributed by atoms with Gasteiger partial charge in [0.05, 0.1) is 17.1 Å². The van der Waals surface area contributed by atoms with E-state index in [0.717, 1.165) is 28.5 Å². The van der Waals surface area contributed by atoms with E-state index in [2.05, 4.69) is 36.1 Å². The second-order valence-corrected chi connectivity index (χ2v) is 5.91. The number of aromatic nitrogens is 4. The predicted octanol–water partition coefficient (Wildman–Crippen LogP) is 3.43. The SMILES string of the molecule is Clc1ccc2c(c1)C(c1ccccn1)=NCc1nnc(Br)n1-2. The average Bonchev–Trinajstić information content (AvgIpc) is 2.82. The van der Waals surface area contributed by atoms with Gasteiger partial charge in [0.2, 0.25) is 4.73 Å². The lowest BCUT2D eigenvalue weighted by atomic mass is 10.0. The quantitative estimate of drug-likeness (QED) is 0.656. The smallest absolute Gasteiger partial charge is 0.204 e. The van der Waals surface area contributed by atoms with Crippen LogP contribution in [0.4, 0.5) is 0 Å². The summed E-state index contributed by atoms with van der Waals surface area (Å²) in [4.78, 5) is 9.09. The number of halogens is 2. The van der Waals surface area contributed by atoms with Gasteiger partial charge in [-0.1, -0.05) is 17.7 Å². The number of pyridine rings is 1. The molecule has 0 aliphatic carbocycles. The highest BCUT2D eigenvalue weighted by Gasteiger charge is 2.22. The minimum Gasteiger partial charge on any atom is -0.274 e. The standard InChI is InChI=1S/C15H9BrClN5/c16-15-21-20-13-8-19-14(11-3-1-2-6-18-11)10-7-9(17)4-5-12(10)22(13)15/h1-7H,8H2. The van der Waals surface area contributed by atoms with Crippen molar-refractivity contribution in [2.45, 2.75) is 6.54 Å². The van der Waals surface area contributed by atoms with E-state index in [1.807, 2.05) is 41.0 Å². The fourth-order valence-corrected chi connectivity index (χ4v) is 3.13. The van der Waals surface area contributed by atoms with Crippen LogP contribution in [-0.4, -0.2) is 25.5 Å². The van der Waals surface area contributed by atoms with Crippen molar-refractivity contribution in [1.29, 1.82) is 0 Å². The Balaban J connectivity index is 2.01. The second-order valence-electron chi connectivity index (χ2n) is 4.76. The average molecular weight is 375 g/mol. The van der Waals surface area contributed by atoms with Crippen LogP contribution < -0.4 is 0 Å². The third-order valence-corrected chi connectivity index (χ3v) is 4.18. The molecule has 3 aromatic rings. The summed E-state index contributed by atoms with van der Waals surface area (Å²) in [7, 11) is 0. The zero-order chi connectivity index (χ0) is 15.1. The van der Waals surface area contributed by atoms with Gasteiger partial charge in [0, 0.05) is 16.8 Å². The Morgan fingerprint density at radius 3 is 2.86 bits per heavy atom.